The van der Waals surface area contributed by atoms with Crippen LogP contribution in [0.5, 0.6) is 0 Å². The molecule has 0 aliphatic rings. The first-order valence-corrected chi connectivity index (χ1v) is 9.14. The van der Waals surface area contributed by atoms with Gasteiger partial charge in [-0.05, 0) is 18.6 Å². The van der Waals surface area contributed by atoms with Crippen molar-refractivity contribution >= 4 is 17.8 Å². The van der Waals surface area contributed by atoms with Crippen molar-refractivity contribution in [1.29, 1.82) is 0 Å². The highest BCUT2D eigenvalue weighted by atomic mass is 15.3. The van der Waals surface area contributed by atoms with Crippen LogP contribution in [-0.2, 0) is 0 Å². The Balaban J connectivity index is 2.11. The maximum atomic E-state index is 4.44. The van der Waals surface area contributed by atoms with Crippen LogP contribution in [0.15, 0.2) is 98.1 Å². The number of hydrogen-bond acceptors (Lipinski definition) is 2. The predicted molar refractivity (Wildman–Crippen MR) is 119 cm³/mol. The summed E-state index contributed by atoms with van der Waals surface area (Å²) in [7, 11) is 0. The molecule has 3 rings (SSSR count). The van der Waals surface area contributed by atoms with Crippen molar-refractivity contribution in [3.05, 3.63) is 115 Å². The predicted octanol–water partition coefficient (Wildman–Crippen LogP) is 6.25. The summed E-state index contributed by atoms with van der Waals surface area (Å²) < 4.78 is 1.98. The van der Waals surface area contributed by atoms with Gasteiger partial charge in [-0.15, -0.1) is 10.2 Å². The van der Waals surface area contributed by atoms with Crippen LogP contribution in [0, 0.1) is 0 Å². The highest BCUT2D eigenvalue weighted by Crippen LogP contribution is 2.28. The Morgan fingerprint density at radius 2 is 1.61 bits per heavy atom. The zero-order valence-corrected chi connectivity index (χ0v) is 16.0. The molecule has 28 heavy (non-hydrogen) atoms. The van der Waals surface area contributed by atoms with E-state index in [1.807, 2.05) is 109 Å². The van der Waals surface area contributed by atoms with Crippen LogP contribution in [0.3, 0.4) is 0 Å². The fourth-order valence-corrected chi connectivity index (χ4v) is 2.88. The van der Waals surface area contributed by atoms with Crippen LogP contribution >= 0.6 is 0 Å². The van der Waals surface area contributed by atoms with Gasteiger partial charge in [0.1, 0.15) is 0 Å². The van der Waals surface area contributed by atoms with Crippen molar-refractivity contribution in [1.82, 2.24) is 14.8 Å². The van der Waals surface area contributed by atoms with E-state index < -0.39 is 0 Å². The average molecular weight is 365 g/mol. The van der Waals surface area contributed by atoms with Crippen LogP contribution < -0.4 is 0 Å². The summed E-state index contributed by atoms with van der Waals surface area (Å²) in [5, 5.41) is 8.84. The van der Waals surface area contributed by atoms with Gasteiger partial charge in [-0.2, -0.15) is 0 Å². The van der Waals surface area contributed by atoms with Gasteiger partial charge in [-0.1, -0.05) is 104 Å². The SMILES string of the molecule is C=Cc1ccccc1C(=C)n1c(/C=C/C=C\C=C/C)nnc1-c1ccccc1. The Bertz CT molecular complexity index is 1050. The summed E-state index contributed by atoms with van der Waals surface area (Å²) >= 11 is 0. The first-order chi connectivity index (χ1) is 13.8. The number of hydrogen-bond donors (Lipinski definition) is 0. The Labute approximate surface area is 166 Å². The molecule has 0 spiro atoms. The Kier molecular flexibility index (Phi) is 6.32. The van der Waals surface area contributed by atoms with Crippen molar-refractivity contribution in [2.24, 2.45) is 0 Å². The molecule has 0 amide bonds. The molecular weight excluding hydrogens is 342 g/mol. The first-order valence-electron chi connectivity index (χ1n) is 9.14. The van der Waals surface area contributed by atoms with Crippen molar-refractivity contribution in [2.75, 3.05) is 0 Å². The minimum Gasteiger partial charge on any atom is -0.275 e. The molecular formula is C25H23N3. The lowest BCUT2D eigenvalue weighted by atomic mass is 10.0. The van der Waals surface area contributed by atoms with E-state index in [1.165, 1.54) is 0 Å². The standard InChI is InChI=1S/C25H23N3/c1-4-6-7-8-12-19-24-26-27-25(22-16-10-9-11-17-22)28(24)20(3)23-18-14-13-15-21(23)5-2/h4-19H,2-3H2,1H3/b6-4-,8-7-,19-12+. The van der Waals surface area contributed by atoms with E-state index in [2.05, 4.69) is 23.4 Å². The molecule has 1 aromatic heterocycles. The second-order valence-corrected chi connectivity index (χ2v) is 6.09. The van der Waals surface area contributed by atoms with Gasteiger partial charge in [0.05, 0.1) is 0 Å². The van der Waals surface area contributed by atoms with Crippen molar-refractivity contribution in [3.63, 3.8) is 0 Å². The smallest absolute Gasteiger partial charge is 0.168 e. The van der Waals surface area contributed by atoms with Gasteiger partial charge in [0.2, 0.25) is 0 Å². The molecule has 0 unspecified atom stereocenters. The van der Waals surface area contributed by atoms with E-state index in [4.69, 9.17) is 0 Å². The van der Waals surface area contributed by atoms with E-state index in [0.29, 0.717) is 5.82 Å². The third-order valence-electron chi connectivity index (χ3n) is 4.25. The van der Waals surface area contributed by atoms with Crippen molar-refractivity contribution < 1.29 is 0 Å². The zero-order chi connectivity index (χ0) is 19.8. The molecule has 0 atom stereocenters. The van der Waals surface area contributed by atoms with Gasteiger partial charge in [0.25, 0.3) is 0 Å². The quantitative estimate of drug-likeness (QED) is 0.463. The van der Waals surface area contributed by atoms with E-state index in [1.54, 1.807) is 0 Å². The molecule has 0 N–H and O–H groups in total. The van der Waals surface area contributed by atoms with E-state index in [0.717, 1.165) is 28.2 Å². The summed E-state index contributed by atoms with van der Waals surface area (Å²) in [6, 6.07) is 18.1. The lowest BCUT2D eigenvalue weighted by Gasteiger charge is -2.14. The fraction of sp³-hybridized carbons (Fsp3) is 0.0400. The Morgan fingerprint density at radius 1 is 0.893 bits per heavy atom. The summed E-state index contributed by atoms with van der Waals surface area (Å²) in [4.78, 5) is 0. The summed E-state index contributed by atoms with van der Waals surface area (Å²) in [6.45, 7) is 10.3. The second-order valence-electron chi connectivity index (χ2n) is 6.09. The molecule has 3 heteroatoms. The van der Waals surface area contributed by atoms with E-state index >= 15 is 0 Å². The van der Waals surface area contributed by atoms with Crippen LogP contribution in [0.25, 0.3) is 29.2 Å². The molecule has 0 saturated heterocycles. The third-order valence-corrected chi connectivity index (χ3v) is 4.25. The number of nitrogens with zero attached hydrogens (tertiary/aromatic N) is 3. The van der Waals surface area contributed by atoms with Gasteiger partial charge in [0.15, 0.2) is 11.6 Å². The average Bonchev–Trinajstić information content (AvgIpc) is 3.17. The van der Waals surface area contributed by atoms with Crippen LogP contribution in [0.2, 0.25) is 0 Å². The van der Waals surface area contributed by atoms with Gasteiger partial charge in [0, 0.05) is 16.8 Å². The Hall–Kier alpha value is -3.72. The van der Waals surface area contributed by atoms with Crippen LogP contribution in [-0.4, -0.2) is 14.8 Å². The molecule has 0 aliphatic heterocycles. The van der Waals surface area contributed by atoms with Crippen LogP contribution in [0.1, 0.15) is 23.9 Å². The van der Waals surface area contributed by atoms with Gasteiger partial charge < -0.3 is 0 Å². The maximum Gasteiger partial charge on any atom is 0.168 e. The first kappa shape index (κ1) is 19.1. The van der Waals surface area contributed by atoms with E-state index in [-0.39, 0.29) is 0 Å². The fourth-order valence-electron chi connectivity index (χ4n) is 2.88. The topological polar surface area (TPSA) is 30.7 Å². The lowest BCUT2D eigenvalue weighted by molar-refractivity contribution is 1.06. The molecule has 0 fully saturated rings. The lowest BCUT2D eigenvalue weighted by Crippen LogP contribution is -2.04. The number of allylic oxidation sites excluding steroid dienone is 5. The summed E-state index contributed by atoms with van der Waals surface area (Å²) in [6.07, 6.45) is 13.6. The highest BCUT2D eigenvalue weighted by molar-refractivity contribution is 5.77. The van der Waals surface area contributed by atoms with Gasteiger partial charge >= 0.3 is 0 Å². The summed E-state index contributed by atoms with van der Waals surface area (Å²) in [5.74, 6) is 1.47. The van der Waals surface area contributed by atoms with Gasteiger partial charge in [-0.3, -0.25) is 4.57 Å². The molecule has 0 aliphatic carbocycles. The highest BCUT2D eigenvalue weighted by Gasteiger charge is 2.16. The molecule has 2 aromatic carbocycles. The normalized spacial score (nSPS) is 11.6. The molecule has 138 valence electrons. The van der Waals surface area contributed by atoms with Gasteiger partial charge in [-0.25, -0.2) is 0 Å². The summed E-state index contributed by atoms with van der Waals surface area (Å²) in [5.41, 5.74) is 3.80. The molecule has 3 aromatic rings. The zero-order valence-electron chi connectivity index (χ0n) is 16.0. The van der Waals surface area contributed by atoms with Crippen LogP contribution in [0.4, 0.5) is 0 Å². The number of benzene rings is 2. The van der Waals surface area contributed by atoms with Crippen molar-refractivity contribution in [2.45, 2.75) is 6.92 Å². The third kappa shape index (κ3) is 4.15. The minimum absolute atomic E-state index is 0.716. The second kappa shape index (κ2) is 9.28. The number of rotatable bonds is 7. The molecule has 0 bridgehead atoms. The number of aromatic nitrogens is 3. The Morgan fingerprint density at radius 3 is 2.36 bits per heavy atom. The van der Waals surface area contributed by atoms with Crippen molar-refractivity contribution in [3.8, 4) is 11.4 Å². The molecule has 0 saturated carbocycles. The monoisotopic (exact) mass is 365 g/mol. The molecule has 0 radical (unpaired) electrons. The minimum atomic E-state index is 0.716. The maximum absolute atomic E-state index is 4.44. The molecule has 1 heterocycles. The van der Waals surface area contributed by atoms with E-state index in [9.17, 15) is 0 Å². The largest absolute Gasteiger partial charge is 0.275 e. The molecule has 3 nitrogen and oxygen atoms in total.